The van der Waals surface area contributed by atoms with Crippen molar-refractivity contribution in [3.8, 4) is 16.9 Å². The van der Waals surface area contributed by atoms with Gasteiger partial charge >= 0.3 is 0 Å². The molecule has 0 aliphatic heterocycles. The first-order chi connectivity index (χ1) is 13.2. The molecule has 2 N–H and O–H groups in total. The summed E-state index contributed by atoms with van der Waals surface area (Å²) in [5, 5.41) is 4.53. The van der Waals surface area contributed by atoms with Crippen LogP contribution >= 0.6 is 11.3 Å². The molecule has 2 aromatic carbocycles. The van der Waals surface area contributed by atoms with Crippen LogP contribution in [0, 0.1) is 6.92 Å². The van der Waals surface area contributed by atoms with E-state index >= 15 is 0 Å². The quantitative estimate of drug-likeness (QED) is 0.473. The maximum Gasteiger partial charge on any atom is 0.127 e. The maximum absolute atomic E-state index is 5.92. The number of aryl methyl sites for hydroxylation is 1. The van der Waals surface area contributed by atoms with Gasteiger partial charge in [-0.3, -0.25) is 4.98 Å². The lowest BCUT2D eigenvalue weighted by Gasteiger charge is -2.17. The van der Waals surface area contributed by atoms with Crippen LogP contribution in [0.5, 0.6) is 5.75 Å². The van der Waals surface area contributed by atoms with Crippen molar-refractivity contribution in [2.45, 2.75) is 26.2 Å². The number of hydrogen-bond acceptors (Lipinski definition) is 4. The third-order valence-corrected chi connectivity index (χ3v) is 6.25. The van der Waals surface area contributed by atoms with E-state index in [1.807, 2.05) is 6.20 Å². The van der Waals surface area contributed by atoms with Gasteiger partial charge in [-0.15, -0.1) is 11.3 Å². The molecule has 0 aliphatic rings. The summed E-state index contributed by atoms with van der Waals surface area (Å²) in [6.45, 7) is 4.95. The Morgan fingerprint density at radius 1 is 1.19 bits per heavy atom. The molecule has 0 saturated heterocycles. The molecule has 0 fully saturated rings. The second-order valence-corrected chi connectivity index (χ2v) is 7.86. The first-order valence-electron chi connectivity index (χ1n) is 9.31. The lowest BCUT2D eigenvalue weighted by Crippen LogP contribution is -2.11. The Hall–Kier alpha value is -2.43. The van der Waals surface area contributed by atoms with Crippen molar-refractivity contribution in [2.75, 3.05) is 13.7 Å². The van der Waals surface area contributed by atoms with Crippen molar-refractivity contribution >= 4 is 32.3 Å². The van der Waals surface area contributed by atoms with Crippen LogP contribution in [0.2, 0.25) is 0 Å². The van der Waals surface area contributed by atoms with Crippen molar-refractivity contribution < 1.29 is 4.74 Å². The minimum Gasteiger partial charge on any atom is -0.496 e. The number of rotatable bonds is 5. The first-order valence-corrected chi connectivity index (χ1v) is 10.2. The van der Waals surface area contributed by atoms with Gasteiger partial charge in [-0.1, -0.05) is 31.2 Å². The van der Waals surface area contributed by atoms with Gasteiger partial charge in [0.1, 0.15) is 5.75 Å². The number of aromatic nitrogens is 1. The average molecular weight is 377 g/mol. The number of thiophene rings is 1. The van der Waals surface area contributed by atoms with E-state index in [4.69, 9.17) is 15.5 Å². The zero-order valence-electron chi connectivity index (χ0n) is 16.0. The SMILES string of the molecule is CCC(CN)c1ccc(-c2c(OC)cc(C)c3ncc4sccc4c23)cc1. The number of pyridine rings is 1. The number of hydrogen-bond donors (Lipinski definition) is 1. The van der Waals surface area contributed by atoms with Crippen LogP contribution in [-0.4, -0.2) is 18.6 Å². The fourth-order valence-corrected chi connectivity index (χ4v) is 4.62. The fourth-order valence-electron chi connectivity index (χ4n) is 3.86. The fraction of sp³-hybridized carbons (Fsp3) is 0.261. The van der Waals surface area contributed by atoms with Crippen LogP contribution in [0.25, 0.3) is 32.1 Å². The van der Waals surface area contributed by atoms with Crippen LogP contribution < -0.4 is 10.5 Å². The number of nitrogens with two attached hydrogens (primary N) is 1. The zero-order chi connectivity index (χ0) is 19.0. The zero-order valence-corrected chi connectivity index (χ0v) is 16.8. The highest BCUT2D eigenvalue weighted by molar-refractivity contribution is 7.17. The molecule has 1 unspecified atom stereocenters. The molecule has 0 aliphatic carbocycles. The van der Waals surface area contributed by atoms with Crippen LogP contribution in [0.1, 0.15) is 30.4 Å². The monoisotopic (exact) mass is 376 g/mol. The molecule has 0 amide bonds. The van der Waals surface area contributed by atoms with Crippen LogP contribution in [0.3, 0.4) is 0 Å². The Balaban J connectivity index is 2.00. The van der Waals surface area contributed by atoms with E-state index in [1.54, 1.807) is 18.4 Å². The van der Waals surface area contributed by atoms with Crippen LogP contribution in [0.4, 0.5) is 0 Å². The van der Waals surface area contributed by atoms with Crippen molar-refractivity contribution in [1.29, 1.82) is 0 Å². The molecule has 2 aromatic heterocycles. The van der Waals surface area contributed by atoms with Crippen molar-refractivity contribution in [1.82, 2.24) is 4.98 Å². The molecule has 3 nitrogen and oxygen atoms in total. The van der Waals surface area contributed by atoms with E-state index in [9.17, 15) is 0 Å². The Morgan fingerprint density at radius 2 is 1.96 bits per heavy atom. The summed E-state index contributed by atoms with van der Waals surface area (Å²) in [4.78, 5) is 4.75. The van der Waals surface area contributed by atoms with Gasteiger partial charge in [-0.05, 0) is 60.0 Å². The minimum atomic E-state index is 0.404. The molecule has 4 aromatic rings. The van der Waals surface area contributed by atoms with Gasteiger partial charge in [0, 0.05) is 22.5 Å². The topological polar surface area (TPSA) is 48.1 Å². The lowest BCUT2D eigenvalue weighted by molar-refractivity contribution is 0.416. The van der Waals surface area contributed by atoms with Gasteiger partial charge in [0.2, 0.25) is 0 Å². The number of benzene rings is 2. The third kappa shape index (κ3) is 2.99. The third-order valence-electron chi connectivity index (χ3n) is 5.40. The highest BCUT2D eigenvalue weighted by Crippen LogP contribution is 2.42. The average Bonchev–Trinajstić information content (AvgIpc) is 3.18. The van der Waals surface area contributed by atoms with Crippen molar-refractivity contribution in [3.63, 3.8) is 0 Å². The summed E-state index contributed by atoms with van der Waals surface area (Å²) in [6, 6.07) is 13.0. The summed E-state index contributed by atoms with van der Waals surface area (Å²) in [5.41, 5.74) is 11.6. The molecule has 27 heavy (non-hydrogen) atoms. The van der Waals surface area contributed by atoms with Gasteiger partial charge in [0.25, 0.3) is 0 Å². The summed E-state index contributed by atoms with van der Waals surface area (Å²) < 4.78 is 6.99. The van der Waals surface area contributed by atoms with Gasteiger partial charge in [0.15, 0.2) is 0 Å². The Morgan fingerprint density at radius 3 is 2.63 bits per heavy atom. The Bertz CT molecular complexity index is 1090. The number of methoxy groups -OCH3 is 1. The molecular formula is C23H24N2OS. The smallest absolute Gasteiger partial charge is 0.127 e. The van der Waals surface area contributed by atoms with Gasteiger partial charge in [-0.2, -0.15) is 0 Å². The second-order valence-electron chi connectivity index (χ2n) is 6.91. The molecule has 0 bridgehead atoms. The molecule has 1 atom stereocenters. The molecule has 0 saturated carbocycles. The molecule has 0 radical (unpaired) electrons. The van der Waals surface area contributed by atoms with E-state index in [1.165, 1.54) is 21.0 Å². The molecular weight excluding hydrogens is 352 g/mol. The highest BCUT2D eigenvalue weighted by atomic mass is 32.1. The number of ether oxygens (including phenoxy) is 1. The first kappa shape index (κ1) is 18.0. The number of fused-ring (bicyclic) bond motifs is 3. The Labute approximate surface area is 163 Å². The van der Waals surface area contributed by atoms with Gasteiger partial charge in [-0.25, -0.2) is 0 Å². The summed E-state index contributed by atoms with van der Waals surface area (Å²) in [5.74, 6) is 1.29. The standard InChI is InChI=1S/C23H24N2OS/c1-4-15(12-24)16-5-7-17(8-6-16)21-19(26-3)11-14(2)23-22(21)18-9-10-27-20(18)13-25-23/h5-11,13,15H,4,12,24H2,1-3H3. The van der Waals surface area contributed by atoms with Crippen LogP contribution in [-0.2, 0) is 0 Å². The molecule has 4 rings (SSSR count). The predicted octanol–water partition coefficient (Wildman–Crippen LogP) is 5.89. The summed E-state index contributed by atoms with van der Waals surface area (Å²) in [7, 11) is 1.74. The van der Waals surface area contributed by atoms with E-state index in [0.717, 1.165) is 34.4 Å². The Kier molecular flexibility index (Phi) is 4.85. The number of nitrogens with zero attached hydrogens (tertiary/aromatic N) is 1. The molecule has 138 valence electrons. The van der Waals surface area contributed by atoms with E-state index in [-0.39, 0.29) is 0 Å². The molecule has 0 spiro atoms. The normalized spacial score (nSPS) is 12.6. The van der Waals surface area contributed by atoms with Gasteiger partial charge in [0.05, 0.1) is 17.3 Å². The molecule has 2 heterocycles. The highest BCUT2D eigenvalue weighted by Gasteiger charge is 2.17. The van der Waals surface area contributed by atoms with E-state index in [2.05, 4.69) is 55.6 Å². The van der Waals surface area contributed by atoms with Gasteiger partial charge < -0.3 is 10.5 Å². The summed E-state index contributed by atoms with van der Waals surface area (Å²) >= 11 is 1.72. The van der Waals surface area contributed by atoms with Crippen molar-refractivity contribution in [3.05, 3.63) is 59.1 Å². The maximum atomic E-state index is 5.92. The molecule has 4 heteroatoms. The summed E-state index contributed by atoms with van der Waals surface area (Å²) in [6.07, 6.45) is 3.02. The second kappa shape index (κ2) is 7.29. The van der Waals surface area contributed by atoms with Crippen molar-refractivity contribution in [2.24, 2.45) is 5.73 Å². The lowest BCUT2D eigenvalue weighted by atomic mass is 9.91. The van der Waals surface area contributed by atoms with Crippen LogP contribution in [0.15, 0.2) is 48.0 Å². The minimum absolute atomic E-state index is 0.404. The van der Waals surface area contributed by atoms with E-state index in [0.29, 0.717) is 12.5 Å². The van der Waals surface area contributed by atoms with E-state index < -0.39 is 0 Å². The predicted molar refractivity (Wildman–Crippen MR) is 116 cm³/mol. The largest absolute Gasteiger partial charge is 0.496 e.